The van der Waals surface area contributed by atoms with E-state index in [0.29, 0.717) is 5.92 Å². The number of ketones is 1. The van der Waals surface area contributed by atoms with E-state index < -0.39 is 17.7 Å². The minimum Gasteiger partial charge on any atom is -0.282 e. The second-order valence-electron chi connectivity index (χ2n) is 4.93. The van der Waals surface area contributed by atoms with Gasteiger partial charge in [-0.15, -0.1) is 5.10 Å². The van der Waals surface area contributed by atoms with Gasteiger partial charge >= 0.3 is 6.18 Å². The minimum atomic E-state index is -4.89. The predicted octanol–water partition coefficient (Wildman–Crippen LogP) is 3.16. The van der Waals surface area contributed by atoms with Crippen molar-refractivity contribution < 1.29 is 18.0 Å². The van der Waals surface area contributed by atoms with Gasteiger partial charge in [0.2, 0.25) is 0 Å². The zero-order valence-electron chi connectivity index (χ0n) is 10.7. The lowest BCUT2D eigenvalue weighted by molar-refractivity contribution is -0.0888. The maximum absolute atomic E-state index is 12.3. The van der Waals surface area contributed by atoms with E-state index in [9.17, 15) is 18.0 Å². The highest BCUT2D eigenvalue weighted by molar-refractivity contribution is 5.98. The minimum absolute atomic E-state index is 0.0565. The summed E-state index contributed by atoms with van der Waals surface area (Å²) in [6.45, 7) is 2.06. The van der Waals surface area contributed by atoms with Crippen molar-refractivity contribution in [2.45, 2.75) is 51.2 Å². The molecule has 19 heavy (non-hydrogen) atoms. The number of aromatic nitrogens is 3. The van der Waals surface area contributed by atoms with Gasteiger partial charge in [0.15, 0.2) is 5.69 Å². The molecule has 7 heteroatoms. The highest BCUT2D eigenvalue weighted by Crippen LogP contribution is 2.35. The molecule has 1 fully saturated rings. The molecule has 0 radical (unpaired) electrons. The van der Waals surface area contributed by atoms with Crippen molar-refractivity contribution in [1.29, 1.82) is 0 Å². The summed E-state index contributed by atoms with van der Waals surface area (Å²) in [5.74, 6) is -1.54. The Bertz CT molecular complexity index is 455. The summed E-state index contributed by atoms with van der Waals surface area (Å²) in [4.78, 5) is 11.1. The highest BCUT2D eigenvalue weighted by atomic mass is 19.4. The van der Waals surface area contributed by atoms with Crippen LogP contribution in [-0.2, 0) is 0 Å². The lowest BCUT2D eigenvalue weighted by Crippen LogP contribution is -2.24. The van der Waals surface area contributed by atoms with Gasteiger partial charge in [0.05, 0.1) is 12.2 Å². The number of carbonyl (C=O) groups is 1. The van der Waals surface area contributed by atoms with Gasteiger partial charge in [-0.05, 0) is 18.8 Å². The maximum Gasteiger partial charge on any atom is 0.456 e. The SMILES string of the molecule is CCC1CCCCC1n1cc(C(=O)C(F)(F)F)nn1. The molecule has 0 N–H and O–H groups in total. The molecule has 1 heterocycles. The van der Waals surface area contributed by atoms with E-state index in [2.05, 4.69) is 17.2 Å². The number of carbonyl (C=O) groups excluding carboxylic acids is 1. The number of nitrogens with zero attached hydrogens (tertiary/aromatic N) is 3. The van der Waals surface area contributed by atoms with Crippen molar-refractivity contribution >= 4 is 5.78 Å². The van der Waals surface area contributed by atoms with Crippen LogP contribution in [-0.4, -0.2) is 27.0 Å². The summed E-state index contributed by atoms with van der Waals surface area (Å²) in [6, 6.07) is 0.0565. The van der Waals surface area contributed by atoms with Crippen molar-refractivity contribution in [3.8, 4) is 0 Å². The average Bonchev–Trinajstić information content (AvgIpc) is 2.86. The van der Waals surface area contributed by atoms with Crippen LogP contribution in [0, 0.1) is 5.92 Å². The molecule has 1 aliphatic rings. The van der Waals surface area contributed by atoms with E-state index in [1.807, 2.05) is 0 Å². The third-order valence-corrected chi connectivity index (χ3v) is 3.73. The van der Waals surface area contributed by atoms with Crippen molar-refractivity contribution in [1.82, 2.24) is 15.0 Å². The Morgan fingerprint density at radius 1 is 1.42 bits per heavy atom. The van der Waals surface area contributed by atoms with Crippen LogP contribution in [0.5, 0.6) is 0 Å². The van der Waals surface area contributed by atoms with Crippen LogP contribution in [0.1, 0.15) is 55.6 Å². The fourth-order valence-corrected chi connectivity index (χ4v) is 2.70. The second kappa shape index (κ2) is 5.30. The van der Waals surface area contributed by atoms with E-state index in [0.717, 1.165) is 38.3 Å². The van der Waals surface area contributed by atoms with Crippen LogP contribution >= 0.6 is 0 Å². The fourth-order valence-electron chi connectivity index (χ4n) is 2.70. The van der Waals surface area contributed by atoms with Crippen molar-refractivity contribution in [2.24, 2.45) is 5.92 Å². The second-order valence-corrected chi connectivity index (χ2v) is 4.93. The number of hydrogen-bond donors (Lipinski definition) is 0. The first-order chi connectivity index (χ1) is 8.93. The van der Waals surface area contributed by atoms with Gasteiger partial charge in [0.25, 0.3) is 5.78 Å². The molecule has 0 amide bonds. The molecular weight excluding hydrogens is 259 g/mol. The molecule has 4 nitrogen and oxygen atoms in total. The third-order valence-electron chi connectivity index (χ3n) is 3.73. The number of Topliss-reactive ketones (excluding diaryl/α,β-unsaturated/α-hetero) is 1. The van der Waals surface area contributed by atoms with Crippen LogP contribution in [0.2, 0.25) is 0 Å². The van der Waals surface area contributed by atoms with Gasteiger partial charge in [-0.2, -0.15) is 13.2 Å². The van der Waals surface area contributed by atoms with Crippen LogP contribution < -0.4 is 0 Å². The number of hydrogen-bond acceptors (Lipinski definition) is 3. The van der Waals surface area contributed by atoms with Gasteiger partial charge in [-0.1, -0.05) is 31.4 Å². The Balaban J connectivity index is 2.18. The first-order valence-corrected chi connectivity index (χ1v) is 6.46. The Labute approximate surface area is 109 Å². The van der Waals surface area contributed by atoms with E-state index in [1.54, 1.807) is 0 Å². The molecular formula is C12H16F3N3O. The van der Waals surface area contributed by atoms with E-state index in [-0.39, 0.29) is 6.04 Å². The van der Waals surface area contributed by atoms with Gasteiger partial charge < -0.3 is 0 Å². The molecule has 0 saturated heterocycles. The van der Waals surface area contributed by atoms with Gasteiger partial charge in [0.1, 0.15) is 0 Å². The smallest absolute Gasteiger partial charge is 0.282 e. The first kappa shape index (κ1) is 14.0. The van der Waals surface area contributed by atoms with E-state index >= 15 is 0 Å². The van der Waals surface area contributed by atoms with Crippen LogP contribution in [0.4, 0.5) is 13.2 Å². The maximum atomic E-state index is 12.3. The molecule has 1 aromatic heterocycles. The number of rotatable bonds is 3. The summed E-state index contributed by atoms with van der Waals surface area (Å²) in [5, 5.41) is 7.09. The molecule has 2 unspecified atom stereocenters. The predicted molar refractivity (Wildman–Crippen MR) is 61.7 cm³/mol. The normalized spacial score (nSPS) is 24.4. The number of halogens is 3. The Morgan fingerprint density at radius 2 is 2.11 bits per heavy atom. The standard InChI is InChI=1S/C12H16F3N3O/c1-2-8-5-3-4-6-10(8)18-7-9(16-17-18)11(19)12(13,14)15/h7-8,10H,2-6H2,1H3. The zero-order valence-corrected chi connectivity index (χ0v) is 10.7. The van der Waals surface area contributed by atoms with Gasteiger partial charge in [0, 0.05) is 0 Å². The van der Waals surface area contributed by atoms with Crippen LogP contribution in [0.25, 0.3) is 0 Å². The van der Waals surface area contributed by atoms with E-state index in [4.69, 9.17) is 0 Å². The van der Waals surface area contributed by atoms with Gasteiger partial charge in [-0.3, -0.25) is 4.79 Å². The van der Waals surface area contributed by atoms with Crippen LogP contribution in [0.3, 0.4) is 0 Å². The lowest BCUT2D eigenvalue weighted by Gasteiger charge is -2.30. The molecule has 0 aliphatic heterocycles. The quantitative estimate of drug-likeness (QED) is 0.796. The molecule has 2 atom stereocenters. The van der Waals surface area contributed by atoms with Gasteiger partial charge in [-0.25, -0.2) is 4.68 Å². The van der Waals surface area contributed by atoms with E-state index in [1.165, 1.54) is 4.68 Å². The number of alkyl halides is 3. The highest BCUT2D eigenvalue weighted by Gasteiger charge is 2.41. The topological polar surface area (TPSA) is 47.8 Å². The summed E-state index contributed by atoms with van der Waals surface area (Å²) in [7, 11) is 0. The molecule has 0 bridgehead atoms. The summed E-state index contributed by atoms with van der Waals surface area (Å²) in [5.41, 5.74) is -0.618. The Kier molecular flexibility index (Phi) is 3.91. The summed E-state index contributed by atoms with van der Waals surface area (Å²) < 4.78 is 38.3. The molecule has 106 valence electrons. The Morgan fingerprint density at radius 3 is 2.74 bits per heavy atom. The molecule has 1 aliphatic carbocycles. The molecule has 1 aromatic rings. The first-order valence-electron chi connectivity index (χ1n) is 6.46. The Hall–Kier alpha value is -1.40. The van der Waals surface area contributed by atoms with Crippen molar-refractivity contribution in [2.75, 3.05) is 0 Å². The zero-order chi connectivity index (χ0) is 14.0. The lowest BCUT2D eigenvalue weighted by atomic mass is 9.83. The average molecular weight is 275 g/mol. The monoisotopic (exact) mass is 275 g/mol. The molecule has 1 saturated carbocycles. The largest absolute Gasteiger partial charge is 0.456 e. The molecule has 2 rings (SSSR count). The third kappa shape index (κ3) is 2.96. The van der Waals surface area contributed by atoms with Crippen molar-refractivity contribution in [3.63, 3.8) is 0 Å². The van der Waals surface area contributed by atoms with Crippen LogP contribution in [0.15, 0.2) is 6.20 Å². The summed E-state index contributed by atoms with van der Waals surface area (Å²) >= 11 is 0. The molecule has 0 aromatic carbocycles. The fraction of sp³-hybridized carbons (Fsp3) is 0.750. The summed E-state index contributed by atoms with van der Waals surface area (Å²) in [6.07, 6.45) is 1.28. The molecule has 0 spiro atoms. The van der Waals surface area contributed by atoms with Crippen molar-refractivity contribution in [3.05, 3.63) is 11.9 Å².